The summed E-state index contributed by atoms with van der Waals surface area (Å²) < 4.78 is 51.9. The van der Waals surface area contributed by atoms with Crippen molar-refractivity contribution in [3.05, 3.63) is 71.2 Å². The smallest absolute Gasteiger partial charge is 0.526 e. The lowest BCUT2D eigenvalue weighted by Gasteiger charge is -2.24. The topological polar surface area (TPSA) is 88.8 Å². The van der Waals surface area contributed by atoms with Crippen LogP contribution in [0.1, 0.15) is 24.4 Å². The van der Waals surface area contributed by atoms with Gasteiger partial charge in [-0.25, -0.2) is 8.42 Å². The Labute approximate surface area is 204 Å². The first-order valence-corrected chi connectivity index (χ1v) is 13.1. The van der Waals surface area contributed by atoms with Gasteiger partial charge in [0.05, 0.1) is 18.1 Å². The SMILES string of the molecule is CCOC(OC)(OCC)[n+]1c(C)sc2c3ccccc3ccc21.Cc1ccc(S(=O)(=O)[O-])cc1. The zero-order valence-corrected chi connectivity index (χ0v) is 21.5. The summed E-state index contributed by atoms with van der Waals surface area (Å²) >= 11 is 1.73. The molecule has 4 aromatic rings. The van der Waals surface area contributed by atoms with Crippen LogP contribution in [0, 0.1) is 13.8 Å². The zero-order valence-electron chi connectivity index (χ0n) is 19.9. The van der Waals surface area contributed by atoms with Gasteiger partial charge in [0, 0.05) is 25.5 Å². The van der Waals surface area contributed by atoms with Crippen LogP contribution in [0.25, 0.3) is 21.0 Å². The second kappa shape index (κ2) is 10.9. The number of hydrogen-bond donors (Lipinski definition) is 0. The predicted octanol–water partition coefficient (Wildman–Crippen LogP) is 4.84. The van der Waals surface area contributed by atoms with Crippen molar-refractivity contribution in [1.82, 2.24) is 0 Å². The Bertz CT molecular complexity index is 1360. The van der Waals surface area contributed by atoms with Gasteiger partial charge >= 0.3 is 6.10 Å². The average molecular weight is 504 g/mol. The summed E-state index contributed by atoms with van der Waals surface area (Å²) in [5, 5.41) is 3.53. The van der Waals surface area contributed by atoms with Crippen molar-refractivity contribution in [3.63, 3.8) is 0 Å². The third kappa shape index (κ3) is 5.46. The predicted molar refractivity (Wildman–Crippen MR) is 132 cm³/mol. The summed E-state index contributed by atoms with van der Waals surface area (Å²) in [6, 6.07) is 18.4. The molecule has 34 heavy (non-hydrogen) atoms. The molecule has 0 saturated heterocycles. The van der Waals surface area contributed by atoms with E-state index in [9.17, 15) is 13.0 Å². The van der Waals surface area contributed by atoms with Crippen LogP contribution >= 0.6 is 11.3 Å². The lowest BCUT2D eigenvalue weighted by molar-refractivity contribution is -0.891. The fraction of sp³-hybridized carbons (Fsp3) is 0.320. The minimum Gasteiger partial charge on any atom is -0.744 e. The maximum absolute atomic E-state index is 10.4. The summed E-state index contributed by atoms with van der Waals surface area (Å²) in [4.78, 5) is -0.178. The van der Waals surface area contributed by atoms with E-state index in [1.807, 2.05) is 25.3 Å². The largest absolute Gasteiger partial charge is 0.744 e. The monoisotopic (exact) mass is 503 g/mol. The highest BCUT2D eigenvalue weighted by Crippen LogP contribution is 2.32. The Hall–Kier alpha value is -2.40. The molecule has 0 N–H and O–H groups in total. The maximum Gasteiger partial charge on any atom is 0.526 e. The van der Waals surface area contributed by atoms with E-state index in [1.165, 1.54) is 27.6 Å². The van der Waals surface area contributed by atoms with Gasteiger partial charge in [0.15, 0.2) is 0 Å². The van der Waals surface area contributed by atoms with Crippen molar-refractivity contribution in [2.75, 3.05) is 20.3 Å². The lowest BCUT2D eigenvalue weighted by atomic mass is 10.1. The molecule has 0 unspecified atom stereocenters. The molecular formula is C25H29NO6S2. The molecular weight excluding hydrogens is 474 g/mol. The molecule has 0 fully saturated rings. The van der Waals surface area contributed by atoms with Crippen molar-refractivity contribution in [2.24, 2.45) is 0 Å². The van der Waals surface area contributed by atoms with Crippen molar-refractivity contribution in [3.8, 4) is 0 Å². The minimum absolute atomic E-state index is 0.178. The van der Waals surface area contributed by atoms with E-state index in [0.717, 1.165) is 16.1 Å². The molecule has 0 spiro atoms. The molecule has 0 aliphatic rings. The number of nitrogens with zero attached hydrogens (tertiary/aromatic N) is 1. The maximum atomic E-state index is 10.4. The van der Waals surface area contributed by atoms with Crippen LogP contribution in [0.15, 0.2) is 65.6 Å². The van der Waals surface area contributed by atoms with Gasteiger partial charge in [0.25, 0.3) is 0 Å². The first kappa shape index (κ1) is 26.2. The number of benzene rings is 3. The molecule has 9 heteroatoms. The second-order valence-electron chi connectivity index (χ2n) is 7.45. The summed E-state index contributed by atoms with van der Waals surface area (Å²) in [5.41, 5.74) is 1.98. The van der Waals surface area contributed by atoms with Crippen LogP contribution < -0.4 is 4.57 Å². The van der Waals surface area contributed by atoms with Gasteiger partial charge in [0.1, 0.15) is 14.8 Å². The molecule has 0 saturated carbocycles. The molecule has 0 bridgehead atoms. The van der Waals surface area contributed by atoms with E-state index < -0.39 is 16.2 Å². The number of hydrogen-bond acceptors (Lipinski definition) is 7. The van der Waals surface area contributed by atoms with Crippen molar-refractivity contribution in [2.45, 2.75) is 38.7 Å². The molecule has 3 aromatic carbocycles. The number of aromatic nitrogens is 1. The highest BCUT2D eigenvalue weighted by atomic mass is 32.2. The van der Waals surface area contributed by atoms with Crippen molar-refractivity contribution in [1.29, 1.82) is 0 Å². The molecule has 0 aliphatic carbocycles. The van der Waals surface area contributed by atoms with E-state index in [-0.39, 0.29) is 4.90 Å². The van der Waals surface area contributed by atoms with Crippen molar-refractivity contribution >= 4 is 42.4 Å². The standard InChI is InChI=1S/C18H22NO3S.C7H8O3S/c1-5-21-18(20-4,22-6-2)19-13(3)23-17-15-10-8-7-9-14(15)11-12-16(17)19;1-6-2-4-7(5-3-6)11(8,9)10/h7-12H,5-6H2,1-4H3;2-5H,1H3,(H,8,9,10)/q+1;/p-1. The Morgan fingerprint density at radius 3 is 2.12 bits per heavy atom. The van der Waals surface area contributed by atoms with Crippen LogP contribution in [0.4, 0.5) is 0 Å². The van der Waals surface area contributed by atoms with E-state index >= 15 is 0 Å². The lowest BCUT2D eigenvalue weighted by Crippen LogP contribution is -2.62. The second-order valence-corrected chi connectivity index (χ2v) is 10.0. The summed E-state index contributed by atoms with van der Waals surface area (Å²) in [6.07, 6.45) is -1.23. The van der Waals surface area contributed by atoms with Gasteiger partial charge in [-0.05, 0) is 44.4 Å². The zero-order chi connectivity index (χ0) is 24.9. The van der Waals surface area contributed by atoms with Crippen molar-refractivity contribution < 1.29 is 31.7 Å². The van der Waals surface area contributed by atoms with Crippen LogP contribution in [0.5, 0.6) is 0 Å². The quantitative estimate of drug-likeness (QED) is 0.204. The molecule has 182 valence electrons. The Morgan fingerprint density at radius 1 is 0.941 bits per heavy atom. The highest BCUT2D eigenvalue weighted by molar-refractivity contribution is 7.85. The number of thiazole rings is 1. The molecule has 0 radical (unpaired) electrons. The number of ether oxygens (including phenoxy) is 3. The van der Waals surface area contributed by atoms with Gasteiger partial charge < -0.3 is 4.55 Å². The summed E-state index contributed by atoms with van der Waals surface area (Å²) in [7, 11) is -2.66. The van der Waals surface area contributed by atoms with Crippen LogP contribution in [-0.2, 0) is 30.4 Å². The van der Waals surface area contributed by atoms with Gasteiger partial charge in [-0.2, -0.15) is 0 Å². The average Bonchev–Trinajstić information content (AvgIpc) is 3.16. The number of aryl methyl sites for hydroxylation is 2. The Balaban J connectivity index is 0.000000248. The molecule has 1 aromatic heterocycles. The molecule has 0 atom stereocenters. The molecule has 1 heterocycles. The van der Waals surface area contributed by atoms with E-state index in [1.54, 1.807) is 30.6 Å². The molecule has 0 aliphatic heterocycles. The minimum atomic E-state index is -4.27. The summed E-state index contributed by atoms with van der Waals surface area (Å²) in [5.74, 6) is 0. The fourth-order valence-corrected chi connectivity index (χ4v) is 5.29. The molecule has 7 nitrogen and oxygen atoms in total. The molecule has 0 amide bonds. The Morgan fingerprint density at radius 2 is 1.56 bits per heavy atom. The number of methoxy groups -OCH3 is 1. The first-order valence-electron chi connectivity index (χ1n) is 10.9. The van der Waals surface area contributed by atoms with Gasteiger partial charge in [-0.15, -0.1) is 4.57 Å². The van der Waals surface area contributed by atoms with Crippen LogP contribution in [0.2, 0.25) is 0 Å². The van der Waals surface area contributed by atoms with Gasteiger partial charge in [-0.3, -0.25) is 14.2 Å². The highest BCUT2D eigenvalue weighted by Gasteiger charge is 2.48. The third-order valence-electron chi connectivity index (χ3n) is 5.16. The normalized spacial score (nSPS) is 12.1. The first-order chi connectivity index (χ1) is 16.2. The van der Waals surface area contributed by atoms with E-state index in [2.05, 4.69) is 43.3 Å². The third-order valence-corrected chi connectivity index (χ3v) is 7.12. The Kier molecular flexibility index (Phi) is 8.40. The number of fused-ring (bicyclic) bond motifs is 3. The summed E-state index contributed by atoms with van der Waals surface area (Å²) in [6.45, 7) is 8.74. The van der Waals surface area contributed by atoms with Gasteiger partial charge in [0.2, 0.25) is 10.5 Å². The van der Waals surface area contributed by atoms with Crippen LogP contribution in [0.3, 0.4) is 0 Å². The molecule has 4 rings (SSSR count). The van der Waals surface area contributed by atoms with E-state index in [0.29, 0.717) is 13.2 Å². The van der Waals surface area contributed by atoms with E-state index in [4.69, 9.17) is 14.2 Å². The van der Waals surface area contributed by atoms with Crippen LogP contribution in [-0.4, -0.2) is 33.3 Å². The fourth-order valence-electron chi connectivity index (χ4n) is 3.67. The number of rotatable bonds is 7. The van der Waals surface area contributed by atoms with Gasteiger partial charge in [-0.1, -0.05) is 53.3 Å².